The maximum Gasteiger partial charge on any atom is 0.317 e. The number of hydrogen-bond donors (Lipinski definition) is 1. The lowest BCUT2D eigenvalue weighted by molar-refractivity contribution is 0.0838. The molecule has 0 unspecified atom stereocenters. The van der Waals surface area contributed by atoms with Crippen molar-refractivity contribution in [3.63, 3.8) is 0 Å². The van der Waals surface area contributed by atoms with E-state index in [-0.39, 0.29) is 11.4 Å². The third kappa shape index (κ3) is 3.02. The molecule has 7 heteroatoms. The van der Waals surface area contributed by atoms with Crippen LogP contribution in [0.5, 0.6) is 0 Å². The van der Waals surface area contributed by atoms with Crippen LogP contribution in [0, 0.1) is 6.92 Å². The van der Waals surface area contributed by atoms with Crippen molar-refractivity contribution in [1.82, 2.24) is 25.3 Å². The van der Waals surface area contributed by atoms with Crippen LogP contribution in [-0.4, -0.2) is 65.3 Å². The quantitative estimate of drug-likeness (QED) is 0.867. The van der Waals surface area contributed by atoms with E-state index in [0.717, 1.165) is 12.6 Å². The largest absolute Gasteiger partial charge is 0.425 e. The minimum Gasteiger partial charge on any atom is -0.425 e. The van der Waals surface area contributed by atoms with E-state index in [9.17, 15) is 4.79 Å². The van der Waals surface area contributed by atoms with E-state index in [1.165, 1.54) is 12.8 Å². The Labute approximate surface area is 124 Å². The average Bonchev–Trinajstić information content (AvgIpc) is 3.17. The third-order valence-electron chi connectivity index (χ3n) is 4.32. The van der Waals surface area contributed by atoms with Crippen LogP contribution in [0.15, 0.2) is 4.42 Å². The van der Waals surface area contributed by atoms with Gasteiger partial charge in [-0.25, -0.2) is 4.79 Å². The molecule has 0 aromatic carbocycles. The molecule has 1 aromatic heterocycles. The summed E-state index contributed by atoms with van der Waals surface area (Å²) in [5, 5.41) is 10.9. The van der Waals surface area contributed by atoms with Crippen molar-refractivity contribution >= 4 is 6.03 Å². The van der Waals surface area contributed by atoms with Gasteiger partial charge in [0.2, 0.25) is 11.8 Å². The van der Waals surface area contributed by atoms with E-state index in [0.29, 0.717) is 31.4 Å². The topological polar surface area (TPSA) is 74.5 Å². The minimum atomic E-state index is -0.205. The zero-order chi connectivity index (χ0) is 15.0. The number of aryl methyl sites for hydroxylation is 1. The summed E-state index contributed by atoms with van der Waals surface area (Å²) >= 11 is 0. The molecule has 0 atom stereocenters. The number of amides is 2. The van der Waals surface area contributed by atoms with Crippen LogP contribution in [0.25, 0.3) is 0 Å². The smallest absolute Gasteiger partial charge is 0.317 e. The molecule has 0 spiro atoms. The van der Waals surface area contributed by atoms with Gasteiger partial charge in [-0.05, 0) is 26.8 Å². The first-order valence-corrected chi connectivity index (χ1v) is 7.51. The molecule has 1 aliphatic heterocycles. The van der Waals surface area contributed by atoms with E-state index in [2.05, 4.69) is 27.5 Å². The lowest BCUT2D eigenvalue weighted by atomic mass is 9.82. The summed E-state index contributed by atoms with van der Waals surface area (Å²) in [5.41, 5.74) is -0.205. The predicted octanol–water partition coefficient (Wildman–Crippen LogP) is 0.755. The molecular formula is C14H23N5O2. The van der Waals surface area contributed by atoms with Gasteiger partial charge in [0, 0.05) is 39.1 Å². The summed E-state index contributed by atoms with van der Waals surface area (Å²) in [4.78, 5) is 16.1. The Morgan fingerprint density at radius 3 is 2.76 bits per heavy atom. The molecule has 1 aliphatic carbocycles. The van der Waals surface area contributed by atoms with Gasteiger partial charge in [0.25, 0.3) is 0 Å². The molecule has 1 saturated carbocycles. The molecule has 2 fully saturated rings. The Morgan fingerprint density at radius 1 is 1.48 bits per heavy atom. The summed E-state index contributed by atoms with van der Waals surface area (Å²) < 4.78 is 5.48. The van der Waals surface area contributed by atoms with Crippen molar-refractivity contribution in [2.75, 3.05) is 33.2 Å². The summed E-state index contributed by atoms with van der Waals surface area (Å²) in [6, 6.07) is 0.725. The summed E-state index contributed by atoms with van der Waals surface area (Å²) in [5.74, 6) is 1.19. The van der Waals surface area contributed by atoms with Crippen LogP contribution in [0.3, 0.4) is 0 Å². The Kier molecular flexibility index (Phi) is 3.61. The molecule has 0 radical (unpaired) electrons. The van der Waals surface area contributed by atoms with Crippen molar-refractivity contribution < 1.29 is 9.21 Å². The van der Waals surface area contributed by atoms with Crippen LogP contribution >= 0.6 is 0 Å². The van der Waals surface area contributed by atoms with E-state index in [1.54, 1.807) is 11.8 Å². The van der Waals surface area contributed by atoms with Crippen LogP contribution in [-0.2, 0) is 5.41 Å². The molecule has 1 N–H and O–H groups in total. The maximum atomic E-state index is 12.0. The molecule has 1 saturated heterocycles. The molecule has 0 bridgehead atoms. The maximum absolute atomic E-state index is 12.0. The fraction of sp³-hybridized carbons (Fsp3) is 0.786. The number of carbonyl (C=O) groups is 1. The number of rotatable bonds is 5. The summed E-state index contributed by atoms with van der Waals surface area (Å²) in [6.07, 6.45) is 2.58. The molecule has 21 heavy (non-hydrogen) atoms. The van der Waals surface area contributed by atoms with E-state index in [1.807, 2.05) is 6.92 Å². The number of likely N-dealkylation sites (tertiary alicyclic amines) is 1. The Hall–Kier alpha value is -1.63. The first-order chi connectivity index (χ1) is 9.98. The Bertz CT molecular complexity index is 519. The molecule has 1 aromatic rings. The van der Waals surface area contributed by atoms with Crippen molar-refractivity contribution in [2.24, 2.45) is 0 Å². The van der Waals surface area contributed by atoms with Crippen LogP contribution in [0.1, 0.15) is 31.5 Å². The lowest BCUT2D eigenvalue weighted by Gasteiger charge is -2.45. The monoisotopic (exact) mass is 293 g/mol. The van der Waals surface area contributed by atoms with Crippen molar-refractivity contribution in [1.29, 1.82) is 0 Å². The summed E-state index contributed by atoms with van der Waals surface area (Å²) in [6.45, 7) is 6.67. The highest BCUT2D eigenvalue weighted by molar-refractivity contribution is 5.75. The fourth-order valence-corrected chi connectivity index (χ4v) is 2.76. The molecule has 116 valence electrons. The SMILES string of the molecule is Cc1nnc(C2(C)CN(C(=O)NCCN(C)C3CC3)C2)o1. The van der Waals surface area contributed by atoms with E-state index < -0.39 is 0 Å². The zero-order valence-corrected chi connectivity index (χ0v) is 12.9. The minimum absolute atomic E-state index is 0.00657. The third-order valence-corrected chi connectivity index (χ3v) is 4.32. The number of urea groups is 1. The Morgan fingerprint density at radius 2 is 2.19 bits per heavy atom. The second-order valence-corrected chi connectivity index (χ2v) is 6.49. The van der Waals surface area contributed by atoms with Gasteiger partial charge in [-0.3, -0.25) is 0 Å². The Balaban J connectivity index is 1.41. The normalized spacial score (nSPS) is 20.5. The first-order valence-electron chi connectivity index (χ1n) is 7.51. The second-order valence-electron chi connectivity index (χ2n) is 6.49. The van der Waals surface area contributed by atoms with Gasteiger partial charge in [0.05, 0.1) is 5.41 Å². The van der Waals surface area contributed by atoms with Crippen LogP contribution < -0.4 is 5.32 Å². The number of nitrogens with one attached hydrogen (secondary N) is 1. The molecule has 3 rings (SSSR count). The van der Waals surface area contributed by atoms with Crippen molar-refractivity contribution in [2.45, 2.75) is 38.1 Å². The van der Waals surface area contributed by atoms with Gasteiger partial charge in [-0.2, -0.15) is 0 Å². The molecule has 2 aliphatic rings. The predicted molar refractivity (Wildman–Crippen MR) is 77.0 cm³/mol. The number of likely N-dealkylation sites (N-methyl/N-ethyl adjacent to an activating group) is 1. The number of nitrogens with zero attached hydrogens (tertiary/aromatic N) is 4. The van der Waals surface area contributed by atoms with Crippen molar-refractivity contribution in [3.8, 4) is 0 Å². The standard InChI is InChI=1S/C14H23N5O2/c1-10-16-17-12(21-10)14(2)8-19(9-14)13(20)15-6-7-18(3)11-4-5-11/h11H,4-9H2,1-3H3,(H,15,20). The highest BCUT2D eigenvalue weighted by Gasteiger charge is 2.46. The number of carbonyl (C=O) groups excluding carboxylic acids is 1. The van der Waals surface area contributed by atoms with Crippen LogP contribution in [0.2, 0.25) is 0 Å². The highest BCUT2D eigenvalue weighted by Crippen LogP contribution is 2.33. The molecule has 7 nitrogen and oxygen atoms in total. The van der Waals surface area contributed by atoms with E-state index in [4.69, 9.17) is 4.42 Å². The zero-order valence-electron chi connectivity index (χ0n) is 12.9. The van der Waals surface area contributed by atoms with E-state index >= 15 is 0 Å². The summed E-state index contributed by atoms with van der Waals surface area (Å²) in [7, 11) is 2.11. The van der Waals surface area contributed by atoms with Crippen LogP contribution in [0.4, 0.5) is 4.79 Å². The molecule has 2 heterocycles. The number of aromatic nitrogens is 2. The van der Waals surface area contributed by atoms with Gasteiger partial charge in [0.15, 0.2) is 0 Å². The van der Waals surface area contributed by atoms with Gasteiger partial charge >= 0.3 is 6.03 Å². The van der Waals surface area contributed by atoms with Gasteiger partial charge in [0.1, 0.15) is 0 Å². The van der Waals surface area contributed by atoms with Gasteiger partial charge in [-0.1, -0.05) is 0 Å². The second kappa shape index (κ2) is 5.29. The molecule has 2 amide bonds. The molecular weight excluding hydrogens is 270 g/mol. The average molecular weight is 293 g/mol. The highest BCUT2D eigenvalue weighted by atomic mass is 16.4. The number of hydrogen-bond acceptors (Lipinski definition) is 5. The lowest BCUT2D eigenvalue weighted by Crippen LogP contribution is -2.62. The van der Waals surface area contributed by atoms with Gasteiger partial charge < -0.3 is 19.5 Å². The van der Waals surface area contributed by atoms with Crippen molar-refractivity contribution in [3.05, 3.63) is 11.8 Å². The van der Waals surface area contributed by atoms with Gasteiger partial charge in [-0.15, -0.1) is 10.2 Å². The first kappa shape index (κ1) is 14.3. The fourth-order valence-electron chi connectivity index (χ4n) is 2.76.